The SMILES string of the molecule is Cn1c(C(=O)O)cn2cc(-c3cccc(F)c3F)nc12. The first-order valence-electron chi connectivity index (χ1n) is 5.71. The number of hydrogen-bond donors (Lipinski definition) is 1. The van der Waals surface area contributed by atoms with Gasteiger partial charge in [-0.15, -0.1) is 0 Å². The van der Waals surface area contributed by atoms with Gasteiger partial charge >= 0.3 is 5.97 Å². The fourth-order valence-corrected chi connectivity index (χ4v) is 2.08. The van der Waals surface area contributed by atoms with Gasteiger partial charge in [0.1, 0.15) is 5.69 Å². The van der Waals surface area contributed by atoms with Crippen molar-refractivity contribution in [1.82, 2.24) is 14.0 Å². The molecule has 0 bridgehead atoms. The lowest BCUT2D eigenvalue weighted by atomic mass is 10.1. The molecule has 0 aliphatic rings. The summed E-state index contributed by atoms with van der Waals surface area (Å²) < 4.78 is 29.7. The maximum atomic E-state index is 13.7. The van der Waals surface area contributed by atoms with Gasteiger partial charge in [0, 0.05) is 25.0 Å². The Labute approximate surface area is 111 Å². The maximum Gasteiger partial charge on any atom is 0.354 e. The zero-order valence-electron chi connectivity index (χ0n) is 10.3. The van der Waals surface area contributed by atoms with Gasteiger partial charge in [0.25, 0.3) is 0 Å². The van der Waals surface area contributed by atoms with E-state index in [-0.39, 0.29) is 17.0 Å². The van der Waals surface area contributed by atoms with E-state index in [1.54, 1.807) is 0 Å². The highest BCUT2D eigenvalue weighted by Gasteiger charge is 2.17. The average Bonchev–Trinajstić information content (AvgIpc) is 2.93. The smallest absolute Gasteiger partial charge is 0.354 e. The fraction of sp³-hybridized carbons (Fsp3) is 0.0769. The molecule has 3 rings (SSSR count). The van der Waals surface area contributed by atoms with E-state index in [1.807, 2.05) is 0 Å². The molecule has 0 saturated carbocycles. The van der Waals surface area contributed by atoms with Crippen LogP contribution >= 0.6 is 0 Å². The zero-order chi connectivity index (χ0) is 14.4. The summed E-state index contributed by atoms with van der Waals surface area (Å²) in [6.45, 7) is 0. The Kier molecular flexibility index (Phi) is 2.56. The van der Waals surface area contributed by atoms with E-state index in [2.05, 4.69) is 4.98 Å². The van der Waals surface area contributed by atoms with Crippen molar-refractivity contribution in [3.63, 3.8) is 0 Å². The zero-order valence-corrected chi connectivity index (χ0v) is 10.3. The number of benzene rings is 1. The minimum Gasteiger partial charge on any atom is -0.477 e. The largest absolute Gasteiger partial charge is 0.477 e. The van der Waals surface area contributed by atoms with Gasteiger partial charge in [-0.05, 0) is 12.1 Å². The fourth-order valence-electron chi connectivity index (χ4n) is 2.08. The third-order valence-electron chi connectivity index (χ3n) is 3.08. The summed E-state index contributed by atoms with van der Waals surface area (Å²) in [5, 5.41) is 8.98. The first-order chi connectivity index (χ1) is 9.49. The lowest BCUT2D eigenvalue weighted by molar-refractivity contribution is 0.0686. The van der Waals surface area contributed by atoms with Crippen molar-refractivity contribution in [3.05, 3.63) is 47.9 Å². The van der Waals surface area contributed by atoms with Gasteiger partial charge < -0.3 is 9.67 Å². The number of carboxylic acids is 1. The molecule has 0 aliphatic heterocycles. The molecule has 5 nitrogen and oxygen atoms in total. The number of nitrogens with zero attached hydrogens (tertiary/aromatic N) is 3. The molecule has 1 aromatic carbocycles. The Hall–Kier alpha value is -2.70. The Bertz CT molecular complexity index is 836. The molecule has 102 valence electrons. The van der Waals surface area contributed by atoms with E-state index in [9.17, 15) is 13.6 Å². The van der Waals surface area contributed by atoms with Crippen molar-refractivity contribution in [2.75, 3.05) is 0 Å². The quantitative estimate of drug-likeness (QED) is 0.782. The monoisotopic (exact) mass is 277 g/mol. The lowest BCUT2D eigenvalue weighted by Gasteiger charge is -2.00. The molecule has 3 aromatic rings. The number of aromatic carboxylic acids is 1. The van der Waals surface area contributed by atoms with Crippen LogP contribution in [0.3, 0.4) is 0 Å². The molecule has 0 aliphatic carbocycles. The van der Waals surface area contributed by atoms with E-state index in [0.29, 0.717) is 5.78 Å². The highest BCUT2D eigenvalue weighted by Crippen LogP contribution is 2.24. The van der Waals surface area contributed by atoms with Crippen LogP contribution in [0.5, 0.6) is 0 Å². The number of halogens is 2. The molecule has 0 fully saturated rings. The summed E-state index contributed by atoms with van der Waals surface area (Å²) >= 11 is 0. The van der Waals surface area contributed by atoms with Crippen molar-refractivity contribution >= 4 is 11.7 Å². The standard InChI is InChI=1S/C13H9F2N3O2/c1-17-10(12(19)20)6-18-5-9(16-13(17)18)7-3-2-4-8(14)11(7)15/h2-6H,1H3,(H,19,20). The van der Waals surface area contributed by atoms with Gasteiger partial charge in [0.15, 0.2) is 11.6 Å². The van der Waals surface area contributed by atoms with Crippen molar-refractivity contribution in [3.8, 4) is 11.3 Å². The van der Waals surface area contributed by atoms with Crippen molar-refractivity contribution < 1.29 is 18.7 Å². The number of carboxylic acid groups (broad SMARTS) is 1. The molecule has 0 unspecified atom stereocenters. The van der Waals surface area contributed by atoms with Crippen LogP contribution in [0.15, 0.2) is 30.6 Å². The van der Waals surface area contributed by atoms with Crippen molar-refractivity contribution in [1.29, 1.82) is 0 Å². The van der Waals surface area contributed by atoms with Gasteiger partial charge in [0.2, 0.25) is 5.78 Å². The predicted molar refractivity (Wildman–Crippen MR) is 66.5 cm³/mol. The average molecular weight is 277 g/mol. The first kappa shape index (κ1) is 12.3. The molecule has 0 saturated heterocycles. The molecule has 0 amide bonds. The molecule has 20 heavy (non-hydrogen) atoms. The molecule has 7 heteroatoms. The highest BCUT2D eigenvalue weighted by molar-refractivity contribution is 5.86. The van der Waals surface area contributed by atoms with Crippen LogP contribution in [0.2, 0.25) is 0 Å². The Morgan fingerprint density at radius 3 is 2.70 bits per heavy atom. The maximum absolute atomic E-state index is 13.7. The highest BCUT2D eigenvalue weighted by atomic mass is 19.2. The number of carbonyl (C=O) groups is 1. The van der Waals surface area contributed by atoms with E-state index >= 15 is 0 Å². The van der Waals surface area contributed by atoms with Crippen LogP contribution in [0.1, 0.15) is 10.5 Å². The second-order valence-corrected chi connectivity index (χ2v) is 4.31. The third-order valence-corrected chi connectivity index (χ3v) is 3.08. The number of aromatic nitrogens is 3. The minimum atomic E-state index is -1.09. The van der Waals surface area contributed by atoms with Crippen molar-refractivity contribution in [2.24, 2.45) is 7.05 Å². The van der Waals surface area contributed by atoms with Crippen LogP contribution in [-0.2, 0) is 7.05 Å². The Morgan fingerprint density at radius 2 is 2.05 bits per heavy atom. The van der Waals surface area contributed by atoms with E-state index in [0.717, 1.165) is 6.07 Å². The second-order valence-electron chi connectivity index (χ2n) is 4.31. The summed E-state index contributed by atoms with van der Waals surface area (Å²) in [7, 11) is 1.54. The minimum absolute atomic E-state index is 0.0329. The molecule has 0 spiro atoms. The van der Waals surface area contributed by atoms with Crippen LogP contribution in [0.4, 0.5) is 8.78 Å². The van der Waals surface area contributed by atoms with Crippen LogP contribution < -0.4 is 0 Å². The summed E-state index contributed by atoms with van der Waals surface area (Å²) in [6.07, 6.45) is 2.82. The van der Waals surface area contributed by atoms with Crippen LogP contribution in [0.25, 0.3) is 17.0 Å². The summed E-state index contributed by atoms with van der Waals surface area (Å²) in [6, 6.07) is 3.83. The van der Waals surface area contributed by atoms with Gasteiger partial charge in [-0.3, -0.25) is 4.40 Å². The molecule has 0 radical (unpaired) electrons. The number of fused-ring (bicyclic) bond motifs is 1. The number of rotatable bonds is 2. The molecule has 0 atom stereocenters. The predicted octanol–water partition coefficient (Wildman–Crippen LogP) is 2.32. The van der Waals surface area contributed by atoms with Crippen molar-refractivity contribution in [2.45, 2.75) is 0 Å². The van der Waals surface area contributed by atoms with Gasteiger partial charge in [-0.25, -0.2) is 18.6 Å². The van der Waals surface area contributed by atoms with Crippen LogP contribution in [-0.4, -0.2) is 25.0 Å². The number of imidazole rings is 2. The molecular formula is C13H9F2N3O2. The van der Waals surface area contributed by atoms with Crippen LogP contribution in [0, 0.1) is 11.6 Å². The summed E-state index contributed by atoms with van der Waals surface area (Å²) in [5.74, 6) is -2.68. The number of hydrogen-bond acceptors (Lipinski definition) is 2. The van der Waals surface area contributed by atoms with Gasteiger partial charge in [-0.2, -0.15) is 0 Å². The second kappa shape index (κ2) is 4.16. The summed E-state index contributed by atoms with van der Waals surface area (Å²) in [5.41, 5.74) is 0.328. The van der Waals surface area contributed by atoms with Gasteiger partial charge in [-0.1, -0.05) is 6.07 Å². The lowest BCUT2D eigenvalue weighted by Crippen LogP contribution is -2.04. The Balaban J connectivity index is 2.19. The molecule has 1 N–H and O–H groups in total. The molecule has 2 aromatic heterocycles. The molecular weight excluding hydrogens is 268 g/mol. The van der Waals surface area contributed by atoms with Gasteiger partial charge in [0.05, 0.1) is 5.69 Å². The molecule has 2 heterocycles. The number of aryl methyl sites for hydroxylation is 1. The third kappa shape index (κ3) is 1.67. The Morgan fingerprint density at radius 1 is 1.30 bits per heavy atom. The first-order valence-corrected chi connectivity index (χ1v) is 5.71. The normalized spacial score (nSPS) is 11.2. The topological polar surface area (TPSA) is 59.5 Å². The summed E-state index contributed by atoms with van der Waals surface area (Å²) in [4.78, 5) is 15.1. The van der Waals surface area contributed by atoms with E-state index in [4.69, 9.17) is 5.11 Å². The van der Waals surface area contributed by atoms with E-state index < -0.39 is 17.6 Å². The van der Waals surface area contributed by atoms with E-state index in [1.165, 1.54) is 40.5 Å².